The van der Waals surface area contributed by atoms with Gasteiger partial charge in [-0.05, 0) is 43.5 Å². The first kappa shape index (κ1) is 20.5. The molecule has 1 aromatic carbocycles. The van der Waals surface area contributed by atoms with Crippen LogP contribution in [0, 0.1) is 18.3 Å². The Morgan fingerprint density at radius 3 is 2.91 bits per heavy atom. The third-order valence-electron chi connectivity index (χ3n) is 6.14. The minimum Gasteiger partial charge on any atom is -0.360 e. The predicted octanol–water partition coefficient (Wildman–Crippen LogP) is 2.77. The normalized spacial score (nSPS) is 19.0. The number of nitriles is 1. The first-order chi connectivity index (χ1) is 15.5. The molecule has 2 amide bonds. The van der Waals surface area contributed by atoms with Crippen LogP contribution in [-0.4, -0.2) is 51.1 Å². The molecule has 0 radical (unpaired) electrons. The molecular formula is C23H21N5O3S. The molecule has 0 bridgehead atoms. The van der Waals surface area contributed by atoms with E-state index in [0.29, 0.717) is 22.7 Å². The van der Waals surface area contributed by atoms with E-state index in [1.165, 1.54) is 16.7 Å². The molecule has 1 aliphatic heterocycles. The second kappa shape index (κ2) is 7.95. The number of aromatic nitrogens is 2. The predicted molar refractivity (Wildman–Crippen MR) is 119 cm³/mol. The Balaban J connectivity index is 1.39. The molecule has 1 N–H and O–H groups in total. The quantitative estimate of drug-likeness (QED) is 0.640. The first-order valence-electron chi connectivity index (χ1n) is 10.4. The number of thioether (sulfide) groups is 1. The summed E-state index contributed by atoms with van der Waals surface area (Å²) in [5.74, 6) is 1.30. The second-order valence-corrected chi connectivity index (χ2v) is 9.20. The highest BCUT2D eigenvalue weighted by Gasteiger charge is 2.49. The molecule has 162 valence electrons. The average molecular weight is 448 g/mol. The summed E-state index contributed by atoms with van der Waals surface area (Å²) in [5, 5.41) is 16.7. The Bertz CT molecular complexity index is 1260. The molecule has 2 aromatic heterocycles. The van der Waals surface area contributed by atoms with Crippen molar-refractivity contribution in [3.8, 4) is 6.07 Å². The molecule has 3 aromatic rings. The van der Waals surface area contributed by atoms with Crippen molar-refractivity contribution in [2.24, 2.45) is 0 Å². The molecule has 1 saturated heterocycles. The number of benzene rings is 1. The summed E-state index contributed by atoms with van der Waals surface area (Å²) >= 11 is 1.53. The molecule has 32 heavy (non-hydrogen) atoms. The van der Waals surface area contributed by atoms with Crippen LogP contribution in [0.15, 0.2) is 41.1 Å². The smallest absolute Gasteiger partial charge is 0.252 e. The summed E-state index contributed by atoms with van der Waals surface area (Å²) in [4.78, 5) is 31.4. The summed E-state index contributed by atoms with van der Waals surface area (Å²) in [6, 6.07) is 11.2. The van der Waals surface area contributed by atoms with Gasteiger partial charge in [-0.15, -0.1) is 11.8 Å². The van der Waals surface area contributed by atoms with Gasteiger partial charge in [-0.3, -0.25) is 14.6 Å². The van der Waals surface area contributed by atoms with Gasteiger partial charge < -0.3 is 14.7 Å². The number of carbonyl (C=O) groups is 2. The van der Waals surface area contributed by atoms with Gasteiger partial charge >= 0.3 is 0 Å². The van der Waals surface area contributed by atoms with E-state index in [9.17, 15) is 14.9 Å². The van der Waals surface area contributed by atoms with Gasteiger partial charge in [0.05, 0.1) is 40.7 Å². The van der Waals surface area contributed by atoms with Gasteiger partial charge in [-0.1, -0.05) is 11.2 Å². The zero-order valence-electron chi connectivity index (χ0n) is 17.5. The SMILES string of the molecule is Cc1cc(C2(c3ccc4nccc(C(=O)NCC(=O)N5CSC[C@H]5C#N)c4c3)CC2)on1. The lowest BCUT2D eigenvalue weighted by atomic mass is 9.91. The van der Waals surface area contributed by atoms with Gasteiger partial charge in [-0.2, -0.15) is 5.26 Å². The highest BCUT2D eigenvalue weighted by molar-refractivity contribution is 7.99. The van der Waals surface area contributed by atoms with E-state index in [1.54, 1.807) is 12.3 Å². The van der Waals surface area contributed by atoms with Crippen LogP contribution in [0.3, 0.4) is 0 Å². The van der Waals surface area contributed by atoms with E-state index in [4.69, 9.17) is 4.52 Å². The maximum Gasteiger partial charge on any atom is 0.252 e. The number of amides is 2. The Morgan fingerprint density at radius 2 is 2.19 bits per heavy atom. The first-order valence-corrected chi connectivity index (χ1v) is 11.6. The van der Waals surface area contributed by atoms with Gasteiger partial charge in [0.15, 0.2) is 0 Å². The van der Waals surface area contributed by atoms with Crippen molar-refractivity contribution in [3.05, 3.63) is 59.1 Å². The van der Waals surface area contributed by atoms with Crippen molar-refractivity contribution in [2.75, 3.05) is 18.2 Å². The molecule has 8 nitrogen and oxygen atoms in total. The van der Waals surface area contributed by atoms with Crippen LogP contribution < -0.4 is 5.32 Å². The molecule has 0 unspecified atom stereocenters. The number of hydrogen-bond acceptors (Lipinski definition) is 7. The summed E-state index contributed by atoms with van der Waals surface area (Å²) in [6.07, 6.45) is 3.50. The van der Waals surface area contributed by atoms with Crippen molar-refractivity contribution in [3.63, 3.8) is 0 Å². The average Bonchev–Trinajstić information content (AvgIpc) is 3.26. The number of nitrogens with zero attached hydrogens (tertiary/aromatic N) is 4. The highest BCUT2D eigenvalue weighted by Crippen LogP contribution is 2.54. The van der Waals surface area contributed by atoms with Crippen molar-refractivity contribution in [2.45, 2.75) is 31.2 Å². The maximum absolute atomic E-state index is 13.0. The monoisotopic (exact) mass is 447 g/mol. The zero-order valence-corrected chi connectivity index (χ0v) is 18.3. The molecule has 2 fully saturated rings. The number of nitrogens with one attached hydrogen (secondary N) is 1. The summed E-state index contributed by atoms with van der Waals surface area (Å²) in [5.41, 5.74) is 2.85. The fraction of sp³-hybridized carbons (Fsp3) is 0.348. The van der Waals surface area contributed by atoms with E-state index in [-0.39, 0.29) is 23.8 Å². The number of carbonyl (C=O) groups excluding carboxylic acids is 2. The Hall–Kier alpha value is -3.38. The van der Waals surface area contributed by atoms with Gasteiger partial charge in [0, 0.05) is 23.4 Å². The minimum absolute atomic E-state index is 0.150. The van der Waals surface area contributed by atoms with Crippen LogP contribution in [0.1, 0.15) is 40.2 Å². The third kappa shape index (κ3) is 3.50. The largest absolute Gasteiger partial charge is 0.360 e. The summed E-state index contributed by atoms with van der Waals surface area (Å²) in [6.45, 7) is 1.75. The molecule has 9 heteroatoms. The van der Waals surface area contributed by atoms with Crippen LogP contribution in [0.2, 0.25) is 0 Å². The number of fused-ring (bicyclic) bond motifs is 1. The highest BCUT2D eigenvalue weighted by atomic mass is 32.2. The minimum atomic E-state index is -0.442. The fourth-order valence-corrected chi connectivity index (χ4v) is 5.29. The standard InChI is InChI=1S/C23H21N5O3S/c1-14-8-20(31-27-14)23(5-6-23)15-2-3-19-18(9-15)17(4-7-25-19)22(30)26-11-21(29)28-13-32-12-16(28)10-24/h2-4,7-9,16H,5-6,11-13H2,1H3,(H,26,30)/t16-/m1/s1. The topological polar surface area (TPSA) is 112 Å². The van der Waals surface area contributed by atoms with Crippen molar-refractivity contribution >= 4 is 34.5 Å². The number of hydrogen-bond donors (Lipinski definition) is 1. The van der Waals surface area contributed by atoms with Gasteiger partial charge in [-0.25, -0.2) is 0 Å². The van der Waals surface area contributed by atoms with E-state index >= 15 is 0 Å². The van der Waals surface area contributed by atoms with Gasteiger partial charge in [0.2, 0.25) is 5.91 Å². The van der Waals surface area contributed by atoms with Crippen molar-refractivity contribution in [1.82, 2.24) is 20.4 Å². The van der Waals surface area contributed by atoms with E-state index in [2.05, 4.69) is 21.5 Å². The van der Waals surface area contributed by atoms with E-state index in [0.717, 1.165) is 35.2 Å². The zero-order chi connectivity index (χ0) is 22.3. The van der Waals surface area contributed by atoms with Gasteiger partial charge in [0.1, 0.15) is 11.8 Å². The van der Waals surface area contributed by atoms with E-state index < -0.39 is 6.04 Å². The number of rotatable bonds is 5. The van der Waals surface area contributed by atoms with Gasteiger partial charge in [0.25, 0.3) is 5.91 Å². The number of aryl methyl sites for hydroxylation is 1. The van der Waals surface area contributed by atoms with Crippen LogP contribution in [0.4, 0.5) is 0 Å². The van der Waals surface area contributed by atoms with Crippen LogP contribution in [-0.2, 0) is 10.2 Å². The van der Waals surface area contributed by atoms with E-state index in [1.807, 2.05) is 31.2 Å². The van der Waals surface area contributed by atoms with Crippen LogP contribution in [0.5, 0.6) is 0 Å². The Labute approximate surface area is 189 Å². The maximum atomic E-state index is 13.0. The third-order valence-corrected chi connectivity index (χ3v) is 7.15. The summed E-state index contributed by atoms with van der Waals surface area (Å²) < 4.78 is 5.56. The molecule has 2 aliphatic rings. The Kier molecular flexibility index (Phi) is 5.10. The lowest BCUT2D eigenvalue weighted by molar-refractivity contribution is -0.129. The molecular weight excluding hydrogens is 426 g/mol. The second-order valence-electron chi connectivity index (χ2n) is 8.20. The molecule has 1 atom stereocenters. The lowest BCUT2D eigenvalue weighted by Crippen LogP contribution is -2.42. The van der Waals surface area contributed by atoms with Crippen molar-refractivity contribution in [1.29, 1.82) is 5.26 Å². The summed E-state index contributed by atoms with van der Waals surface area (Å²) in [7, 11) is 0. The fourth-order valence-electron chi connectivity index (χ4n) is 4.18. The molecule has 5 rings (SSSR count). The molecule has 1 saturated carbocycles. The molecule has 3 heterocycles. The van der Waals surface area contributed by atoms with Crippen LogP contribution >= 0.6 is 11.8 Å². The molecule has 1 aliphatic carbocycles. The lowest BCUT2D eigenvalue weighted by Gasteiger charge is -2.19. The molecule has 0 spiro atoms. The van der Waals surface area contributed by atoms with Crippen molar-refractivity contribution < 1.29 is 14.1 Å². The Morgan fingerprint density at radius 1 is 1.34 bits per heavy atom. The van der Waals surface area contributed by atoms with Crippen LogP contribution in [0.25, 0.3) is 10.9 Å². The number of pyridine rings is 1.